The summed E-state index contributed by atoms with van der Waals surface area (Å²) in [5.74, 6) is 1.19. The van der Waals surface area contributed by atoms with Crippen molar-refractivity contribution in [2.24, 2.45) is 0 Å². The van der Waals surface area contributed by atoms with Crippen LogP contribution in [0.1, 0.15) is 5.56 Å². The summed E-state index contributed by atoms with van der Waals surface area (Å²) in [4.78, 5) is 0. The molecule has 0 saturated carbocycles. The van der Waals surface area contributed by atoms with Crippen molar-refractivity contribution < 1.29 is 4.74 Å². The number of nitrogen functional groups attached to an aromatic ring is 1. The lowest BCUT2D eigenvalue weighted by atomic mass is 10.1. The molecule has 4 nitrogen and oxygen atoms in total. The van der Waals surface area contributed by atoms with Crippen molar-refractivity contribution in [2.45, 2.75) is 6.61 Å². The minimum atomic E-state index is 0.469. The summed E-state index contributed by atoms with van der Waals surface area (Å²) in [5.41, 5.74) is 8.53. The molecule has 0 aliphatic rings. The third-order valence-electron chi connectivity index (χ3n) is 3.19. The van der Waals surface area contributed by atoms with Gasteiger partial charge < -0.3 is 10.5 Å². The van der Waals surface area contributed by atoms with E-state index >= 15 is 0 Å². The van der Waals surface area contributed by atoms with E-state index in [0.717, 1.165) is 26.1 Å². The second-order valence-corrected chi connectivity index (χ2v) is 6.20. The van der Waals surface area contributed by atoms with Crippen LogP contribution in [0.2, 0.25) is 5.02 Å². The number of H-pyrrole nitrogens is 1. The predicted octanol–water partition coefficient (Wildman–Crippen LogP) is 4.50. The topological polar surface area (TPSA) is 63.9 Å². The third-order valence-corrected chi connectivity index (χ3v) is 4.60. The molecule has 3 aromatic rings. The number of benzene rings is 2. The lowest BCUT2D eigenvalue weighted by molar-refractivity contribution is 0.306. The summed E-state index contributed by atoms with van der Waals surface area (Å²) in [5, 5.41) is 7.48. The number of halogens is 2. The van der Waals surface area contributed by atoms with E-state index in [9.17, 15) is 0 Å². The highest BCUT2D eigenvalue weighted by molar-refractivity contribution is 14.1. The Hall–Kier alpha value is -1.73. The van der Waals surface area contributed by atoms with Crippen molar-refractivity contribution in [3.8, 4) is 17.0 Å². The number of rotatable bonds is 4. The van der Waals surface area contributed by atoms with E-state index in [4.69, 9.17) is 22.1 Å². The van der Waals surface area contributed by atoms with Crippen molar-refractivity contribution in [2.75, 3.05) is 5.73 Å². The van der Waals surface area contributed by atoms with Gasteiger partial charge in [-0.05, 0) is 46.4 Å². The summed E-state index contributed by atoms with van der Waals surface area (Å²) in [6, 6.07) is 15.6. The smallest absolute Gasteiger partial charge is 0.159 e. The van der Waals surface area contributed by atoms with Gasteiger partial charge in [0.25, 0.3) is 0 Å². The maximum atomic E-state index is 6.35. The van der Waals surface area contributed by atoms with E-state index in [2.05, 4.69) is 32.8 Å². The monoisotopic (exact) mass is 425 g/mol. The van der Waals surface area contributed by atoms with E-state index in [1.807, 2.05) is 42.5 Å². The molecule has 0 aliphatic heterocycles. The van der Waals surface area contributed by atoms with Gasteiger partial charge >= 0.3 is 0 Å². The molecule has 0 aliphatic carbocycles. The zero-order valence-electron chi connectivity index (χ0n) is 11.5. The number of aromatic nitrogens is 2. The standard InChI is InChI=1S/C16H13ClIN3O/c17-13-8-11(22-9-10-4-2-1-3-5-10)6-7-12(13)15-14(18)16(19)21-20-15/h1-8H,9H2,(H3,19,20,21). The Morgan fingerprint density at radius 3 is 2.59 bits per heavy atom. The highest BCUT2D eigenvalue weighted by Gasteiger charge is 2.13. The van der Waals surface area contributed by atoms with Gasteiger partial charge in [0.05, 0.1) is 14.3 Å². The first-order valence-corrected chi connectivity index (χ1v) is 8.07. The molecular weight excluding hydrogens is 413 g/mol. The van der Waals surface area contributed by atoms with Gasteiger partial charge in [-0.1, -0.05) is 41.9 Å². The Morgan fingerprint density at radius 2 is 1.95 bits per heavy atom. The molecule has 2 aromatic carbocycles. The van der Waals surface area contributed by atoms with Crippen molar-refractivity contribution in [1.29, 1.82) is 0 Å². The van der Waals surface area contributed by atoms with Crippen LogP contribution in [-0.2, 0) is 6.61 Å². The van der Waals surface area contributed by atoms with Gasteiger partial charge in [0.2, 0.25) is 0 Å². The predicted molar refractivity (Wildman–Crippen MR) is 96.9 cm³/mol. The van der Waals surface area contributed by atoms with Crippen LogP contribution in [0.25, 0.3) is 11.3 Å². The Kier molecular flexibility index (Phi) is 4.54. The minimum Gasteiger partial charge on any atom is -0.489 e. The Balaban J connectivity index is 1.79. The maximum absolute atomic E-state index is 6.35. The highest BCUT2D eigenvalue weighted by atomic mass is 127. The molecule has 3 N–H and O–H groups in total. The number of nitrogens with two attached hydrogens (primary N) is 1. The number of aromatic amines is 1. The molecule has 0 atom stereocenters. The van der Waals surface area contributed by atoms with Crippen molar-refractivity contribution >= 4 is 40.0 Å². The molecule has 0 amide bonds. The van der Waals surface area contributed by atoms with Crippen LogP contribution in [0.5, 0.6) is 5.75 Å². The quantitative estimate of drug-likeness (QED) is 0.605. The van der Waals surface area contributed by atoms with Crippen LogP contribution in [-0.4, -0.2) is 10.2 Å². The molecule has 22 heavy (non-hydrogen) atoms. The molecule has 0 radical (unpaired) electrons. The van der Waals surface area contributed by atoms with E-state index in [1.54, 1.807) is 6.07 Å². The largest absolute Gasteiger partial charge is 0.489 e. The zero-order chi connectivity index (χ0) is 15.5. The van der Waals surface area contributed by atoms with Crippen LogP contribution in [0.15, 0.2) is 48.5 Å². The molecule has 0 saturated heterocycles. The van der Waals surface area contributed by atoms with Gasteiger partial charge in [0.15, 0.2) is 5.82 Å². The molecule has 0 fully saturated rings. The summed E-state index contributed by atoms with van der Waals surface area (Å²) in [7, 11) is 0. The van der Waals surface area contributed by atoms with Crippen LogP contribution in [0, 0.1) is 3.57 Å². The minimum absolute atomic E-state index is 0.469. The number of hydrogen-bond acceptors (Lipinski definition) is 3. The number of nitrogens with zero attached hydrogens (tertiary/aromatic N) is 1. The second-order valence-electron chi connectivity index (χ2n) is 4.71. The third kappa shape index (κ3) is 3.20. The van der Waals surface area contributed by atoms with E-state index in [-0.39, 0.29) is 0 Å². The first-order chi connectivity index (χ1) is 10.6. The highest BCUT2D eigenvalue weighted by Crippen LogP contribution is 2.34. The number of ether oxygens (including phenoxy) is 1. The average Bonchev–Trinajstić information content (AvgIpc) is 2.86. The molecule has 6 heteroatoms. The molecule has 1 heterocycles. The van der Waals surface area contributed by atoms with Crippen molar-refractivity contribution in [3.05, 3.63) is 62.7 Å². The van der Waals surface area contributed by atoms with E-state index in [1.165, 1.54) is 0 Å². The fourth-order valence-corrected chi connectivity index (χ4v) is 2.85. The first kappa shape index (κ1) is 15.2. The fraction of sp³-hybridized carbons (Fsp3) is 0.0625. The first-order valence-electron chi connectivity index (χ1n) is 6.61. The summed E-state index contributed by atoms with van der Waals surface area (Å²) in [6.45, 7) is 0.505. The molecule has 0 unspecified atom stereocenters. The average molecular weight is 426 g/mol. The Bertz CT molecular complexity index is 789. The van der Waals surface area contributed by atoms with Crippen molar-refractivity contribution in [3.63, 3.8) is 0 Å². The molecule has 1 aromatic heterocycles. The van der Waals surface area contributed by atoms with Gasteiger partial charge in [0, 0.05) is 5.56 Å². The lowest BCUT2D eigenvalue weighted by Crippen LogP contribution is -1.95. The van der Waals surface area contributed by atoms with Gasteiger partial charge in [-0.3, -0.25) is 5.10 Å². The Morgan fingerprint density at radius 1 is 1.18 bits per heavy atom. The molecule has 3 rings (SSSR count). The zero-order valence-corrected chi connectivity index (χ0v) is 14.4. The van der Waals surface area contributed by atoms with Gasteiger partial charge in [-0.15, -0.1) is 0 Å². The lowest BCUT2D eigenvalue weighted by Gasteiger charge is -2.09. The normalized spacial score (nSPS) is 10.6. The Labute approximate surface area is 146 Å². The van der Waals surface area contributed by atoms with Crippen LogP contribution in [0.3, 0.4) is 0 Å². The number of hydrogen-bond donors (Lipinski definition) is 2. The number of anilines is 1. The summed E-state index contributed by atoms with van der Waals surface area (Å²) < 4.78 is 6.62. The SMILES string of the molecule is Nc1n[nH]c(-c2ccc(OCc3ccccc3)cc2Cl)c1I. The maximum Gasteiger partial charge on any atom is 0.159 e. The fourth-order valence-electron chi connectivity index (χ4n) is 2.05. The van der Waals surface area contributed by atoms with E-state index in [0.29, 0.717) is 17.4 Å². The van der Waals surface area contributed by atoms with Crippen LogP contribution < -0.4 is 10.5 Å². The molecule has 112 valence electrons. The van der Waals surface area contributed by atoms with Crippen molar-refractivity contribution in [1.82, 2.24) is 10.2 Å². The van der Waals surface area contributed by atoms with Gasteiger partial charge in [-0.2, -0.15) is 5.10 Å². The van der Waals surface area contributed by atoms with Gasteiger partial charge in [0.1, 0.15) is 12.4 Å². The summed E-state index contributed by atoms with van der Waals surface area (Å²) in [6.07, 6.45) is 0. The molecular formula is C16H13ClIN3O. The van der Waals surface area contributed by atoms with Crippen LogP contribution >= 0.6 is 34.2 Å². The van der Waals surface area contributed by atoms with Gasteiger partial charge in [-0.25, -0.2) is 0 Å². The van der Waals surface area contributed by atoms with E-state index < -0.39 is 0 Å². The molecule has 0 bridgehead atoms. The van der Waals surface area contributed by atoms with Crippen LogP contribution in [0.4, 0.5) is 5.82 Å². The second kappa shape index (κ2) is 6.58. The number of nitrogens with one attached hydrogen (secondary N) is 1. The summed E-state index contributed by atoms with van der Waals surface area (Å²) >= 11 is 8.50. The molecule has 0 spiro atoms.